The average Bonchev–Trinajstić information content (AvgIpc) is 2.92. The van der Waals surface area contributed by atoms with Gasteiger partial charge in [-0.3, -0.25) is 9.79 Å². The SMILES string of the molecule is C=CSN1CCC2(CC1)N=C(C1CCC(CCC(F)(F)F)CC1)NC2=O. The number of hydrogen-bond acceptors (Lipinski definition) is 4. The second-order valence-corrected chi connectivity index (χ2v) is 8.62. The fourth-order valence-electron chi connectivity index (χ4n) is 4.23. The van der Waals surface area contributed by atoms with Crippen LogP contribution in [0.2, 0.25) is 0 Å². The van der Waals surface area contributed by atoms with Crippen LogP contribution < -0.4 is 5.32 Å². The summed E-state index contributed by atoms with van der Waals surface area (Å²) in [5.41, 5.74) is -0.638. The van der Waals surface area contributed by atoms with Gasteiger partial charge < -0.3 is 5.32 Å². The molecule has 3 aliphatic rings. The predicted octanol–water partition coefficient (Wildman–Crippen LogP) is 4.29. The van der Waals surface area contributed by atoms with Crippen LogP contribution in [0.25, 0.3) is 0 Å². The van der Waals surface area contributed by atoms with Crippen LogP contribution in [0.15, 0.2) is 17.0 Å². The van der Waals surface area contributed by atoms with Crippen molar-refractivity contribution in [3.8, 4) is 0 Å². The number of nitrogens with one attached hydrogen (secondary N) is 1. The Hall–Kier alpha value is -1.02. The summed E-state index contributed by atoms with van der Waals surface area (Å²) in [4.78, 5) is 17.4. The minimum Gasteiger partial charge on any atom is -0.312 e. The van der Waals surface area contributed by atoms with Gasteiger partial charge in [0, 0.05) is 25.4 Å². The number of alkyl halides is 3. The number of piperidine rings is 1. The van der Waals surface area contributed by atoms with Crippen molar-refractivity contribution in [1.82, 2.24) is 9.62 Å². The first kappa shape index (κ1) is 19.7. The molecule has 0 radical (unpaired) electrons. The summed E-state index contributed by atoms with van der Waals surface area (Å²) < 4.78 is 39.3. The van der Waals surface area contributed by atoms with Crippen LogP contribution in [0.4, 0.5) is 13.2 Å². The highest BCUT2D eigenvalue weighted by Gasteiger charge is 2.47. The molecular formula is C18H26F3N3OS. The highest BCUT2D eigenvalue weighted by atomic mass is 32.2. The van der Waals surface area contributed by atoms with Gasteiger partial charge in [-0.05, 0) is 56.3 Å². The lowest BCUT2D eigenvalue weighted by Gasteiger charge is -2.34. The number of amides is 1. The zero-order valence-electron chi connectivity index (χ0n) is 14.9. The van der Waals surface area contributed by atoms with Crippen LogP contribution in [-0.2, 0) is 4.79 Å². The van der Waals surface area contributed by atoms with Gasteiger partial charge in [-0.2, -0.15) is 13.2 Å². The zero-order chi connectivity index (χ0) is 18.8. The van der Waals surface area contributed by atoms with Crippen molar-refractivity contribution in [2.45, 2.75) is 63.1 Å². The van der Waals surface area contributed by atoms with Gasteiger partial charge in [0.1, 0.15) is 11.4 Å². The molecule has 1 saturated carbocycles. The Morgan fingerprint density at radius 3 is 2.50 bits per heavy atom. The number of carbonyl (C=O) groups excluding carboxylic acids is 1. The van der Waals surface area contributed by atoms with Crippen LogP contribution in [0.3, 0.4) is 0 Å². The first-order valence-electron chi connectivity index (χ1n) is 9.32. The molecule has 1 amide bonds. The molecule has 4 nitrogen and oxygen atoms in total. The molecule has 1 saturated heterocycles. The number of hydrogen-bond donors (Lipinski definition) is 1. The number of halogens is 3. The normalized spacial score (nSPS) is 29.5. The van der Waals surface area contributed by atoms with Gasteiger partial charge in [-0.1, -0.05) is 18.5 Å². The van der Waals surface area contributed by atoms with Crippen LogP contribution in [0, 0.1) is 11.8 Å². The van der Waals surface area contributed by atoms with Crippen molar-refractivity contribution in [2.24, 2.45) is 16.8 Å². The summed E-state index contributed by atoms with van der Waals surface area (Å²) in [5.74, 6) is 1.09. The minimum atomic E-state index is -4.06. The number of nitrogens with zero attached hydrogens (tertiary/aromatic N) is 2. The van der Waals surface area contributed by atoms with Crippen molar-refractivity contribution in [3.05, 3.63) is 12.0 Å². The second kappa shape index (κ2) is 7.92. The summed E-state index contributed by atoms with van der Waals surface area (Å²) >= 11 is 1.57. The van der Waals surface area contributed by atoms with E-state index in [-0.39, 0.29) is 24.2 Å². The number of rotatable bonds is 5. The van der Waals surface area contributed by atoms with Gasteiger partial charge in [0.15, 0.2) is 0 Å². The molecule has 0 atom stereocenters. The summed E-state index contributed by atoms with van der Waals surface area (Å²) in [6.45, 7) is 5.31. The molecule has 0 unspecified atom stereocenters. The Labute approximate surface area is 156 Å². The fourth-order valence-corrected chi connectivity index (χ4v) is 4.84. The van der Waals surface area contributed by atoms with E-state index >= 15 is 0 Å². The van der Waals surface area contributed by atoms with Crippen molar-refractivity contribution < 1.29 is 18.0 Å². The van der Waals surface area contributed by atoms with Crippen LogP contribution in [-0.4, -0.2) is 40.9 Å². The predicted molar refractivity (Wildman–Crippen MR) is 97.6 cm³/mol. The first-order chi connectivity index (χ1) is 12.3. The van der Waals surface area contributed by atoms with Crippen molar-refractivity contribution in [2.75, 3.05) is 13.1 Å². The Balaban J connectivity index is 1.53. The standard InChI is InChI=1S/C18H26F3N3OS/c1-2-26-24-11-9-17(10-12-24)16(25)22-15(23-17)14-5-3-13(4-6-14)7-8-18(19,20)21/h2,13-14H,1,3-12H2,(H,22,23,25). The van der Waals surface area contributed by atoms with Gasteiger partial charge in [0.05, 0.1) is 0 Å². The summed E-state index contributed by atoms with van der Waals surface area (Å²) in [7, 11) is 0. The molecule has 1 spiro atoms. The topological polar surface area (TPSA) is 44.7 Å². The van der Waals surface area contributed by atoms with Gasteiger partial charge in [0.2, 0.25) is 0 Å². The molecule has 0 aromatic rings. The molecule has 2 aliphatic heterocycles. The quantitative estimate of drug-likeness (QED) is 0.714. The lowest BCUT2D eigenvalue weighted by atomic mass is 9.79. The molecular weight excluding hydrogens is 363 g/mol. The molecule has 3 rings (SSSR count). The van der Waals surface area contributed by atoms with E-state index in [1.165, 1.54) is 0 Å². The van der Waals surface area contributed by atoms with Gasteiger partial charge in [-0.25, -0.2) is 4.31 Å². The smallest absolute Gasteiger partial charge is 0.312 e. The van der Waals surface area contributed by atoms with Crippen molar-refractivity contribution in [1.29, 1.82) is 0 Å². The van der Waals surface area contributed by atoms with E-state index in [1.54, 1.807) is 17.4 Å². The van der Waals surface area contributed by atoms with E-state index < -0.39 is 18.1 Å². The molecule has 2 heterocycles. The molecule has 1 aliphatic carbocycles. The maximum Gasteiger partial charge on any atom is 0.389 e. The van der Waals surface area contributed by atoms with Crippen LogP contribution in [0.5, 0.6) is 0 Å². The highest BCUT2D eigenvalue weighted by molar-refractivity contribution is 7.99. The van der Waals surface area contributed by atoms with Crippen LogP contribution >= 0.6 is 11.9 Å². The summed E-state index contributed by atoms with van der Waals surface area (Å²) in [5, 5.41) is 4.78. The van der Waals surface area contributed by atoms with Gasteiger partial charge in [0.25, 0.3) is 5.91 Å². The van der Waals surface area contributed by atoms with E-state index in [0.717, 1.165) is 44.6 Å². The van der Waals surface area contributed by atoms with Gasteiger partial charge >= 0.3 is 6.18 Å². The molecule has 26 heavy (non-hydrogen) atoms. The van der Waals surface area contributed by atoms with E-state index in [4.69, 9.17) is 4.99 Å². The maximum absolute atomic E-state index is 12.5. The minimum absolute atomic E-state index is 0.00468. The van der Waals surface area contributed by atoms with E-state index in [0.29, 0.717) is 12.8 Å². The highest BCUT2D eigenvalue weighted by Crippen LogP contribution is 2.38. The summed E-state index contributed by atoms with van der Waals surface area (Å²) in [6.07, 6.45) is 0.0585. The van der Waals surface area contributed by atoms with Crippen molar-refractivity contribution >= 4 is 23.7 Å². The molecule has 1 N–H and O–H groups in total. The summed E-state index contributed by atoms with van der Waals surface area (Å²) in [6, 6.07) is 0. The van der Waals surface area contributed by atoms with E-state index in [2.05, 4.69) is 16.2 Å². The Bertz CT molecular complexity index is 563. The average molecular weight is 389 g/mol. The molecule has 0 bridgehead atoms. The van der Waals surface area contributed by atoms with E-state index in [9.17, 15) is 18.0 Å². The Morgan fingerprint density at radius 2 is 1.92 bits per heavy atom. The number of aliphatic imine (C=N–C) groups is 1. The maximum atomic E-state index is 12.5. The van der Waals surface area contributed by atoms with E-state index in [1.807, 2.05) is 0 Å². The molecule has 8 heteroatoms. The van der Waals surface area contributed by atoms with Gasteiger partial charge in [-0.15, -0.1) is 0 Å². The Kier molecular flexibility index (Phi) is 6.01. The first-order valence-corrected chi connectivity index (χ1v) is 10.2. The second-order valence-electron chi connectivity index (χ2n) is 7.56. The van der Waals surface area contributed by atoms with Crippen molar-refractivity contribution in [3.63, 3.8) is 0 Å². The van der Waals surface area contributed by atoms with Crippen LogP contribution in [0.1, 0.15) is 51.4 Å². The third kappa shape index (κ3) is 4.63. The third-order valence-corrected chi connectivity index (χ3v) is 6.65. The molecule has 2 fully saturated rings. The largest absolute Gasteiger partial charge is 0.389 e. The molecule has 146 valence electrons. The number of carbonyl (C=O) groups is 1. The zero-order valence-corrected chi connectivity index (χ0v) is 15.7. The molecule has 0 aromatic carbocycles. The third-order valence-electron chi connectivity index (χ3n) is 5.84. The lowest BCUT2D eigenvalue weighted by molar-refractivity contribution is -0.138. The Morgan fingerprint density at radius 1 is 1.27 bits per heavy atom. The lowest BCUT2D eigenvalue weighted by Crippen LogP contribution is -2.47. The molecule has 0 aromatic heterocycles. The fraction of sp³-hybridized carbons (Fsp3) is 0.778. The monoisotopic (exact) mass is 389 g/mol. The number of amidine groups is 1.